The average Bonchev–Trinajstić information content (AvgIpc) is 2.28. The van der Waals surface area contributed by atoms with Crippen LogP contribution in [0.25, 0.3) is 0 Å². The zero-order valence-corrected chi connectivity index (χ0v) is 12.2. The van der Waals surface area contributed by atoms with Crippen LogP contribution in [-0.2, 0) is 4.79 Å². The van der Waals surface area contributed by atoms with Gasteiger partial charge in [0.15, 0.2) is 5.84 Å². The number of likely N-dealkylation sites (N-methyl/N-ethyl adjacent to an activating group) is 1. The molecule has 1 aliphatic carbocycles. The van der Waals surface area contributed by atoms with E-state index in [1.165, 1.54) is 0 Å². The summed E-state index contributed by atoms with van der Waals surface area (Å²) < 4.78 is 0. The lowest BCUT2D eigenvalue weighted by Gasteiger charge is -2.46. The third-order valence-corrected chi connectivity index (χ3v) is 3.65. The third kappa shape index (κ3) is 3.18. The van der Waals surface area contributed by atoms with Crippen LogP contribution in [0.3, 0.4) is 0 Å². The van der Waals surface area contributed by atoms with E-state index in [0.717, 1.165) is 0 Å². The summed E-state index contributed by atoms with van der Waals surface area (Å²) in [5.41, 5.74) is 3.86. The molecule has 0 spiro atoms. The van der Waals surface area contributed by atoms with Gasteiger partial charge in [-0.3, -0.25) is 4.79 Å². The summed E-state index contributed by atoms with van der Waals surface area (Å²) in [6.07, 6.45) is 1.17. The number of aliphatic hydroxyl groups is 1. The maximum absolute atomic E-state index is 12.6. The molecule has 4 N–H and O–H groups in total. The molecule has 1 amide bonds. The van der Waals surface area contributed by atoms with Gasteiger partial charge in [-0.15, -0.1) is 0 Å². The molecule has 0 bridgehead atoms. The monoisotopic (exact) mass is 271 g/mol. The quantitative estimate of drug-likeness (QED) is 0.297. The molecule has 6 heteroatoms. The zero-order valence-electron chi connectivity index (χ0n) is 12.2. The van der Waals surface area contributed by atoms with Crippen molar-refractivity contribution in [1.29, 1.82) is 0 Å². The van der Waals surface area contributed by atoms with Crippen LogP contribution in [0.4, 0.5) is 0 Å². The van der Waals surface area contributed by atoms with E-state index >= 15 is 0 Å². The molecule has 0 heterocycles. The normalized spacial score (nSPS) is 27.8. The summed E-state index contributed by atoms with van der Waals surface area (Å²) in [6, 6.07) is 0. The van der Waals surface area contributed by atoms with Gasteiger partial charge >= 0.3 is 0 Å². The third-order valence-electron chi connectivity index (χ3n) is 3.65. The molecule has 0 aliphatic heterocycles. The van der Waals surface area contributed by atoms with Crippen LogP contribution in [0.1, 0.15) is 40.5 Å². The highest BCUT2D eigenvalue weighted by atomic mass is 16.4. The Morgan fingerprint density at radius 2 is 2.05 bits per heavy atom. The second-order valence-electron chi connectivity index (χ2n) is 6.21. The van der Waals surface area contributed by atoms with Crippen molar-refractivity contribution in [1.82, 2.24) is 4.90 Å². The van der Waals surface area contributed by atoms with Gasteiger partial charge in [0.05, 0.1) is 5.60 Å². The van der Waals surface area contributed by atoms with Gasteiger partial charge in [-0.05, 0) is 39.5 Å². The largest absolute Gasteiger partial charge is 0.409 e. The van der Waals surface area contributed by atoms with Gasteiger partial charge in [-0.1, -0.05) is 12.1 Å². The summed E-state index contributed by atoms with van der Waals surface area (Å²) in [6.45, 7) is 7.91. The van der Waals surface area contributed by atoms with Gasteiger partial charge in [0.2, 0.25) is 5.91 Å². The summed E-state index contributed by atoms with van der Waals surface area (Å²) in [4.78, 5) is 14.2. The molecule has 1 rings (SSSR count). The van der Waals surface area contributed by atoms with Gasteiger partial charge in [0.1, 0.15) is 5.41 Å². The van der Waals surface area contributed by atoms with Crippen LogP contribution in [0.15, 0.2) is 5.16 Å². The highest BCUT2D eigenvalue weighted by Crippen LogP contribution is 2.47. The number of amidine groups is 1. The Morgan fingerprint density at radius 1 is 1.53 bits per heavy atom. The number of hydrogen-bond acceptors (Lipinski definition) is 4. The molecule has 0 aromatic rings. The predicted octanol–water partition coefficient (Wildman–Crippen LogP) is 0.769. The Kier molecular flexibility index (Phi) is 4.45. The van der Waals surface area contributed by atoms with Crippen molar-refractivity contribution in [3.8, 4) is 0 Å². The molecular formula is C13H25N3O3. The molecule has 1 fully saturated rings. The van der Waals surface area contributed by atoms with E-state index in [4.69, 9.17) is 10.9 Å². The fourth-order valence-corrected chi connectivity index (χ4v) is 2.82. The van der Waals surface area contributed by atoms with Crippen LogP contribution < -0.4 is 5.73 Å². The van der Waals surface area contributed by atoms with E-state index in [1.807, 2.05) is 13.8 Å². The first-order valence-corrected chi connectivity index (χ1v) is 6.66. The van der Waals surface area contributed by atoms with Gasteiger partial charge in [0.25, 0.3) is 0 Å². The van der Waals surface area contributed by atoms with Crippen LogP contribution >= 0.6 is 0 Å². The lowest BCUT2D eigenvalue weighted by molar-refractivity contribution is -0.147. The van der Waals surface area contributed by atoms with Crippen molar-refractivity contribution in [2.45, 2.75) is 46.1 Å². The Hall–Kier alpha value is -1.30. The van der Waals surface area contributed by atoms with Crippen molar-refractivity contribution in [2.24, 2.45) is 22.2 Å². The first kappa shape index (κ1) is 15.8. The van der Waals surface area contributed by atoms with E-state index in [0.29, 0.717) is 25.3 Å². The number of carbonyl (C=O) groups is 1. The molecule has 1 aliphatic rings. The summed E-state index contributed by atoms with van der Waals surface area (Å²) in [7, 11) is 0. The molecule has 0 aromatic carbocycles. The Labute approximate surface area is 114 Å². The topological polar surface area (TPSA) is 99.2 Å². The second-order valence-corrected chi connectivity index (χ2v) is 6.21. The number of carbonyl (C=O) groups excluding carboxylic acids is 1. The Balaban J connectivity index is 2.94. The average molecular weight is 271 g/mol. The van der Waals surface area contributed by atoms with E-state index < -0.39 is 11.0 Å². The second kappa shape index (κ2) is 5.36. The number of amides is 1. The molecule has 0 radical (unpaired) electrons. The number of hydrogen-bond donors (Lipinski definition) is 3. The molecule has 6 nitrogen and oxygen atoms in total. The van der Waals surface area contributed by atoms with Gasteiger partial charge in [0, 0.05) is 13.1 Å². The fourth-order valence-electron chi connectivity index (χ4n) is 2.82. The van der Waals surface area contributed by atoms with E-state index in [9.17, 15) is 9.90 Å². The SMILES string of the molecule is CCN(CC(C)(C)O)C(=O)C1(C(N)=NO)CC(C)C1. The molecule has 110 valence electrons. The highest BCUT2D eigenvalue weighted by Gasteiger charge is 2.53. The van der Waals surface area contributed by atoms with Crippen LogP contribution in [0.5, 0.6) is 0 Å². The lowest BCUT2D eigenvalue weighted by Crippen LogP contribution is -2.59. The molecule has 0 aromatic heterocycles. The maximum atomic E-state index is 12.6. The first-order valence-electron chi connectivity index (χ1n) is 6.66. The number of oxime groups is 1. The molecule has 0 atom stereocenters. The van der Waals surface area contributed by atoms with Crippen LogP contribution in [-0.4, -0.2) is 45.6 Å². The minimum atomic E-state index is -0.965. The smallest absolute Gasteiger partial charge is 0.236 e. The number of rotatable bonds is 5. The standard InChI is InChI=1S/C13H25N3O3/c1-5-16(8-12(3,4)18)11(17)13(10(14)15-19)6-9(2)7-13/h9,18-19H,5-8H2,1-4H3,(H2,14,15). The summed E-state index contributed by atoms with van der Waals surface area (Å²) in [5.74, 6) is 0.195. The number of nitrogens with two attached hydrogens (primary N) is 1. The Morgan fingerprint density at radius 3 is 2.37 bits per heavy atom. The highest BCUT2D eigenvalue weighted by molar-refractivity contribution is 6.07. The van der Waals surface area contributed by atoms with E-state index in [-0.39, 0.29) is 18.3 Å². The number of nitrogens with zero attached hydrogens (tertiary/aromatic N) is 2. The van der Waals surface area contributed by atoms with E-state index in [2.05, 4.69) is 5.16 Å². The lowest BCUT2D eigenvalue weighted by atomic mass is 9.61. The van der Waals surface area contributed by atoms with Crippen molar-refractivity contribution in [3.63, 3.8) is 0 Å². The molecular weight excluding hydrogens is 246 g/mol. The minimum Gasteiger partial charge on any atom is -0.409 e. The molecule has 19 heavy (non-hydrogen) atoms. The van der Waals surface area contributed by atoms with E-state index in [1.54, 1.807) is 18.7 Å². The van der Waals surface area contributed by atoms with Gasteiger partial charge < -0.3 is 20.9 Å². The van der Waals surface area contributed by atoms with Crippen molar-refractivity contribution in [3.05, 3.63) is 0 Å². The van der Waals surface area contributed by atoms with Crippen LogP contribution in [0, 0.1) is 11.3 Å². The van der Waals surface area contributed by atoms with Gasteiger partial charge in [-0.25, -0.2) is 0 Å². The molecule has 1 saturated carbocycles. The van der Waals surface area contributed by atoms with Crippen molar-refractivity contribution >= 4 is 11.7 Å². The Bertz CT molecular complexity index is 368. The molecule has 0 saturated heterocycles. The van der Waals surface area contributed by atoms with Crippen LogP contribution in [0.2, 0.25) is 0 Å². The van der Waals surface area contributed by atoms with Crippen molar-refractivity contribution in [2.75, 3.05) is 13.1 Å². The predicted molar refractivity (Wildman–Crippen MR) is 72.8 cm³/mol. The fraction of sp³-hybridized carbons (Fsp3) is 0.846. The molecule has 0 unspecified atom stereocenters. The summed E-state index contributed by atoms with van der Waals surface area (Å²) in [5, 5.41) is 21.8. The zero-order chi connectivity index (χ0) is 14.8. The summed E-state index contributed by atoms with van der Waals surface area (Å²) >= 11 is 0. The van der Waals surface area contributed by atoms with Crippen molar-refractivity contribution < 1.29 is 15.1 Å². The minimum absolute atomic E-state index is 0.0233. The van der Waals surface area contributed by atoms with Gasteiger partial charge in [-0.2, -0.15) is 0 Å². The maximum Gasteiger partial charge on any atom is 0.236 e. The first-order chi connectivity index (χ1) is 8.66.